The van der Waals surface area contributed by atoms with Gasteiger partial charge in [-0.2, -0.15) is 0 Å². The molecule has 0 unspecified atom stereocenters. The predicted molar refractivity (Wildman–Crippen MR) is 102 cm³/mol. The molecule has 0 radical (unpaired) electrons. The fourth-order valence-corrected chi connectivity index (χ4v) is 4.04. The average Bonchev–Trinajstić information content (AvgIpc) is 3.30. The van der Waals surface area contributed by atoms with E-state index in [9.17, 15) is 0 Å². The van der Waals surface area contributed by atoms with Gasteiger partial charge >= 0.3 is 0 Å². The van der Waals surface area contributed by atoms with Gasteiger partial charge in [0.15, 0.2) is 8.32 Å². The molecule has 0 saturated carbocycles. The fourth-order valence-electron chi connectivity index (χ4n) is 2.64. The van der Waals surface area contributed by atoms with Crippen molar-refractivity contribution in [2.24, 2.45) is 0 Å². The highest BCUT2D eigenvalue weighted by molar-refractivity contribution is 6.74. The summed E-state index contributed by atoms with van der Waals surface area (Å²) in [5, 5.41) is 0.256. The van der Waals surface area contributed by atoms with E-state index in [2.05, 4.69) is 46.0 Å². The third-order valence-corrected chi connectivity index (χ3v) is 9.88. The Kier molecular flexibility index (Phi) is 6.51. The second-order valence-corrected chi connectivity index (χ2v) is 13.2. The van der Waals surface area contributed by atoms with Crippen molar-refractivity contribution in [2.75, 3.05) is 13.7 Å². The van der Waals surface area contributed by atoms with Crippen molar-refractivity contribution in [3.05, 3.63) is 29.8 Å². The van der Waals surface area contributed by atoms with Gasteiger partial charge < -0.3 is 13.9 Å². The molecule has 2 rings (SSSR count). The van der Waals surface area contributed by atoms with E-state index in [1.54, 1.807) is 7.11 Å². The van der Waals surface area contributed by atoms with Gasteiger partial charge in [-0.25, -0.2) is 0 Å². The van der Waals surface area contributed by atoms with Crippen LogP contribution in [0.4, 0.5) is 0 Å². The average molecular weight is 351 g/mol. The van der Waals surface area contributed by atoms with Crippen LogP contribution in [0.2, 0.25) is 18.1 Å². The summed E-state index contributed by atoms with van der Waals surface area (Å²) in [6.45, 7) is 12.5. The molecule has 0 bridgehead atoms. The summed E-state index contributed by atoms with van der Waals surface area (Å²) in [7, 11) is -0.0147. The van der Waals surface area contributed by atoms with E-state index in [0.29, 0.717) is 12.2 Å². The Hall–Kier alpha value is -0.843. The first-order chi connectivity index (χ1) is 11.2. The van der Waals surface area contributed by atoms with Crippen molar-refractivity contribution in [3.63, 3.8) is 0 Å². The molecule has 1 fully saturated rings. The van der Waals surface area contributed by atoms with E-state index in [1.807, 2.05) is 12.1 Å². The van der Waals surface area contributed by atoms with Crippen LogP contribution >= 0.6 is 0 Å². The van der Waals surface area contributed by atoms with Crippen LogP contribution in [-0.2, 0) is 15.6 Å². The summed E-state index contributed by atoms with van der Waals surface area (Å²) in [6.07, 6.45) is 5.16. The lowest BCUT2D eigenvalue weighted by atomic mass is 10.0. The van der Waals surface area contributed by atoms with Crippen molar-refractivity contribution >= 4 is 8.32 Å². The lowest BCUT2D eigenvalue weighted by molar-refractivity contribution is 0.147. The van der Waals surface area contributed by atoms with Crippen molar-refractivity contribution in [2.45, 2.75) is 76.8 Å². The largest absolute Gasteiger partial charge is 0.497 e. The van der Waals surface area contributed by atoms with E-state index in [0.717, 1.165) is 38.0 Å². The lowest BCUT2D eigenvalue weighted by Gasteiger charge is -2.39. The molecule has 0 aliphatic carbocycles. The maximum atomic E-state index is 6.67. The van der Waals surface area contributed by atoms with Crippen LogP contribution in [0.1, 0.15) is 45.6 Å². The highest BCUT2D eigenvalue weighted by Gasteiger charge is 2.40. The number of benzene rings is 1. The molecule has 1 aliphatic heterocycles. The van der Waals surface area contributed by atoms with E-state index in [4.69, 9.17) is 13.9 Å². The molecular weight excluding hydrogens is 316 g/mol. The molecule has 1 aromatic carbocycles. The first-order valence-corrected chi connectivity index (χ1v) is 12.0. The summed E-state index contributed by atoms with van der Waals surface area (Å²) in [5.74, 6) is 0.920. The van der Waals surface area contributed by atoms with Crippen LogP contribution in [0.25, 0.3) is 0 Å². The highest BCUT2D eigenvalue weighted by Crippen LogP contribution is 2.38. The zero-order valence-corrected chi connectivity index (χ0v) is 17.2. The number of methoxy groups -OCH3 is 1. The van der Waals surface area contributed by atoms with E-state index >= 15 is 0 Å². The molecule has 24 heavy (non-hydrogen) atoms. The summed E-state index contributed by atoms with van der Waals surface area (Å²) >= 11 is 0. The fraction of sp³-hybridized carbons (Fsp3) is 0.700. The molecule has 2 atom stereocenters. The van der Waals surface area contributed by atoms with Crippen molar-refractivity contribution in [1.82, 2.24) is 0 Å². The molecule has 0 amide bonds. The van der Waals surface area contributed by atoms with Gasteiger partial charge in [-0.05, 0) is 55.1 Å². The Morgan fingerprint density at radius 1 is 1.21 bits per heavy atom. The van der Waals surface area contributed by atoms with Gasteiger partial charge in [0.1, 0.15) is 5.75 Å². The normalized spacial score (nSPS) is 19.2. The molecular formula is C20H34O3Si. The second-order valence-electron chi connectivity index (χ2n) is 8.43. The molecule has 1 aliphatic rings. The quantitative estimate of drug-likeness (QED) is 0.453. The standard InChI is InChI=1S/C20H34O3Si/c1-20(2,3)24(5,6)23-18(14-19-15-22-19)9-7-8-16-10-12-17(21-4)13-11-16/h10-13,18-19H,7-9,14-15H2,1-6H3/t18-,19+/m1/s1. The van der Waals surface area contributed by atoms with E-state index in [1.165, 1.54) is 5.56 Å². The number of aryl methyl sites for hydroxylation is 1. The molecule has 0 N–H and O–H groups in total. The number of hydrogen-bond acceptors (Lipinski definition) is 3. The zero-order valence-electron chi connectivity index (χ0n) is 16.2. The molecule has 1 heterocycles. The van der Waals surface area contributed by atoms with Crippen molar-refractivity contribution < 1.29 is 13.9 Å². The minimum Gasteiger partial charge on any atom is -0.497 e. The van der Waals surface area contributed by atoms with Crippen LogP contribution in [0.15, 0.2) is 24.3 Å². The van der Waals surface area contributed by atoms with Gasteiger partial charge in [0, 0.05) is 12.5 Å². The maximum Gasteiger partial charge on any atom is 0.192 e. The first-order valence-electron chi connectivity index (χ1n) is 9.13. The van der Waals surface area contributed by atoms with Gasteiger partial charge in [-0.15, -0.1) is 0 Å². The van der Waals surface area contributed by atoms with Crippen molar-refractivity contribution in [1.29, 1.82) is 0 Å². The van der Waals surface area contributed by atoms with Crippen LogP contribution in [0.5, 0.6) is 5.75 Å². The number of epoxide rings is 1. The summed E-state index contributed by atoms with van der Waals surface area (Å²) in [4.78, 5) is 0. The van der Waals surface area contributed by atoms with Crippen LogP contribution < -0.4 is 4.74 Å². The summed E-state index contributed by atoms with van der Waals surface area (Å²) in [6, 6.07) is 8.40. The number of ether oxygens (including phenoxy) is 2. The number of rotatable bonds is 9. The molecule has 136 valence electrons. The van der Waals surface area contributed by atoms with Crippen molar-refractivity contribution in [3.8, 4) is 5.75 Å². The number of hydrogen-bond donors (Lipinski definition) is 0. The Morgan fingerprint density at radius 3 is 2.33 bits per heavy atom. The minimum absolute atomic E-state index is 0.256. The molecule has 1 saturated heterocycles. The van der Waals surface area contributed by atoms with Gasteiger partial charge in [-0.1, -0.05) is 32.9 Å². The van der Waals surface area contributed by atoms with Crippen LogP contribution in [0, 0.1) is 0 Å². The molecule has 1 aromatic rings. The van der Waals surface area contributed by atoms with Crippen LogP contribution in [-0.4, -0.2) is 34.2 Å². The van der Waals surface area contributed by atoms with E-state index < -0.39 is 8.32 Å². The van der Waals surface area contributed by atoms with Gasteiger partial charge in [0.05, 0.1) is 19.8 Å². The highest BCUT2D eigenvalue weighted by atomic mass is 28.4. The summed E-state index contributed by atoms with van der Waals surface area (Å²) < 4.78 is 17.3. The second kappa shape index (κ2) is 8.02. The summed E-state index contributed by atoms with van der Waals surface area (Å²) in [5.41, 5.74) is 1.37. The Morgan fingerprint density at radius 2 is 1.83 bits per heavy atom. The lowest BCUT2D eigenvalue weighted by Crippen LogP contribution is -2.44. The smallest absolute Gasteiger partial charge is 0.192 e. The molecule has 0 spiro atoms. The van der Waals surface area contributed by atoms with Gasteiger partial charge in [0.2, 0.25) is 0 Å². The topological polar surface area (TPSA) is 31.0 Å². The Balaban J connectivity index is 1.86. The minimum atomic E-state index is -1.72. The monoisotopic (exact) mass is 350 g/mol. The SMILES string of the molecule is COc1ccc(CCC[C@H](C[C@H]2CO2)O[Si](C)(C)C(C)(C)C)cc1. The molecule has 0 aromatic heterocycles. The maximum absolute atomic E-state index is 6.67. The Labute approximate surface area is 148 Å². The first kappa shape index (κ1) is 19.5. The van der Waals surface area contributed by atoms with Gasteiger partial charge in [-0.3, -0.25) is 0 Å². The predicted octanol–water partition coefficient (Wildman–Crippen LogP) is 5.20. The van der Waals surface area contributed by atoms with Gasteiger partial charge in [0.25, 0.3) is 0 Å². The van der Waals surface area contributed by atoms with E-state index in [-0.39, 0.29) is 5.04 Å². The molecule has 3 nitrogen and oxygen atoms in total. The Bertz CT molecular complexity index is 501. The third kappa shape index (κ3) is 5.90. The third-order valence-electron chi connectivity index (χ3n) is 5.35. The molecule has 4 heteroatoms. The zero-order chi connectivity index (χ0) is 17.8. The van der Waals surface area contributed by atoms with Crippen LogP contribution in [0.3, 0.4) is 0 Å².